The van der Waals surface area contributed by atoms with Crippen molar-refractivity contribution in [2.24, 2.45) is 0 Å². The van der Waals surface area contributed by atoms with Gasteiger partial charge in [-0.05, 0) is 36.8 Å². The van der Waals surface area contributed by atoms with Crippen molar-refractivity contribution in [3.8, 4) is 0 Å². The molecule has 0 unspecified atom stereocenters. The summed E-state index contributed by atoms with van der Waals surface area (Å²) in [4.78, 5) is 14.0. The third-order valence-electron chi connectivity index (χ3n) is 3.09. The lowest BCUT2D eigenvalue weighted by Crippen LogP contribution is -2.32. The molecule has 21 heavy (non-hydrogen) atoms. The van der Waals surface area contributed by atoms with E-state index in [1.807, 2.05) is 6.92 Å². The second-order valence-electron chi connectivity index (χ2n) is 4.64. The van der Waals surface area contributed by atoms with Gasteiger partial charge >= 0.3 is 0 Å². The topological polar surface area (TPSA) is 46.3 Å². The number of nitrogens with zero attached hydrogens (tertiary/aromatic N) is 1. The third kappa shape index (κ3) is 3.18. The molecule has 0 aliphatic rings. The zero-order chi connectivity index (χ0) is 15.4. The van der Waals surface area contributed by atoms with Crippen molar-refractivity contribution in [2.45, 2.75) is 13.3 Å². The predicted octanol–water partition coefficient (Wildman–Crippen LogP) is 3.60. The van der Waals surface area contributed by atoms with Gasteiger partial charge in [-0.25, -0.2) is 8.78 Å². The first kappa shape index (κ1) is 15.0. The Morgan fingerprint density at radius 3 is 2.48 bits per heavy atom. The van der Waals surface area contributed by atoms with Crippen molar-refractivity contribution in [2.75, 3.05) is 17.2 Å². The maximum Gasteiger partial charge on any atom is 0.258 e. The van der Waals surface area contributed by atoms with E-state index >= 15 is 0 Å². The number of benzene rings is 2. The molecule has 0 spiro atoms. The molecule has 1 amide bonds. The van der Waals surface area contributed by atoms with Gasteiger partial charge in [-0.2, -0.15) is 0 Å². The average Bonchev–Trinajstić information content (AvgIpc) is 2.48. The molecule has 2 aromatic carbocycles. The summed E-state index contributed by atoms with van der Waals surface area (Å²) >= 11 is 0. The predicted molar refractivity (Wildman–Crippen MR) is 79.2 cm³/mol. The van der Waals surface area contributed by atoms with Gasteiger partial charge in [0.2, 0.25) is 0 Å². The molecule has 5 heteroatoms. The van der Waals surface area contributed by atoms with Gasteiger partial charge in [-0.15, -0.1) is 0 Å². The van der Waals surface area contributed by atoms with Crippen LogP contribution in [0.25, 0.3) is 0 Å². The van der Waals surface area contributed by atoms with Gasteiger partial charge in [0, 0.05) is 12.1 Å². The summed E-state index contributed by atoms with van der Waals surface area (Å²) < 4.78 is 26.3. The minimum Gasteiger partial charge on any atom is -0.397 e. The molecule has 2 aromatic rings. The molecule has 2 rings (SSSR count). The maximum atomic E-state index is 13.3. The highest BCUT2D eigenvalue weighted by Crippen LogP contribution is 2.25. The second kappa shape index (κ2) is 6.35. The Labute approximate surface area is 122 Å². The molecule has 110 valence electrons. The molecule has 0 radical (unpaired) electrons. The molecule has 3 nitrogen and oxygen atoms in total. The van der Waals surface area contributed by atoms with Crippen molar-refractivity contribution >= 4 is 17.3 Å². The van der Waals surface area contributed by atoms with Crippen LogP contribution < -0.4 is 10.6 Å². The molecule has 0 aliphatic heterocycles. The Bertz CT molecular complexity index is 658. The highest BCUT2D eigenvalue weighted by molar-refractivity contribution is 6.07. The van der Waals surface area contributed by atoms with E-state index in [0.29, 0.717) is 24.3 Å². The Hall–Kier alpha value is -2.43. The van der Waals surface area contributed by atoms with E-state index in [-0.39, 0.29) is 5.56 Å². The number of carbonyl (C=O) groups is 1. The number of hydrogen-bond acceptors (Lipinski definition) is 2. The van der Waals surface area contributed by atoms with Crippen molar-refractivity contribution < 1.29 is 13.6 Å². The Morgan fingerprint density at radius 2 is 1.86 bits per heavy atom. The summed E-state index contributed by atoms with van der Waals surface area (Å²) in [5.74, 6) is -2.43. The number of anilines is 2. The normalized spacial score (nSPS) is 10.4. The molecule has 0 aliphatic carbocycles. The summed E-state index contributed by atoms with van der Waals surface area (Å²) in [6.45, 7) is 2.36. The summed E-state index contributed by atoms with van der Waals surface area (Å²) in [6, 6.07) is 10.1. The van der Waals surface area contributed by atoms with Crippen molar-refractivity contribution in [1.82, 2.24) is 0 Å². The molecule has 0 saturated carbocycles. The first-order valence-corrected chi connectivity index (χ1v) is 6.66. The average molecular weight is 290 g/mol. The molecular formula is C16H16F2N2O. The fourth-order valence-electron chi connectivity index (χ4n) is 2.07. The van der Waals surface area contributed by atoms with Crippen molar-refractivity contribution in [3.05, 3.63) is 59.7 Å². The molecule has 0 heterocycles. The van der Waals surface area contributed by atoms with E-state index < -0.39 is 17.5 Å². The van der Waals surface area contributed by atoms with Gasteiger partial charge in [-0.1, -0.05) is 19.1 Å². The lowest BCUT2D eigenvalue weighted by Gasteiger charge is -2.23. The molecule has 0 saturated heterocycles. The number of hydrogen-bond donors (Lipinski definition) is 1. The fourth-order valence-corrected chi connectivity index (χ4v) is 2.07. The van der Waals surface area contributed by atoms with E-state index in [0.717, 1.165) is 12.1 Å². The number of nitrogens with two attached hydrogens (primary N) is 1. The molecule has 0 fully saturated rings. The van der Waals surface area contributed by atoms with Crippen LogP contribution in [0.4, 0.5) is 20.2 Å². The molecule has 0 aromatic heterocycles. The zero-order valence-electron chi connectivity index (χ0n) is 11.6. The van der Waals surface area contributed by atoms with E-state index in [4.69, 9.17) is 5.73 Å². The van der Waals surface area contributed by atoms with E-state index in [1.54, 1.807) is 24.3 Å². The van der Waals surface area contributed by atoms with Gasteiger partial charge in [-0.3, -0.25) is 4.79 Å². The lowest BCUT2D eigenvalue weighted by molar-refractivity contribution is 0.0986. The van der Waals surface area contributed by atoms with Gasteiger partial charge in [0.1, 0.15) is 0 Å². The van der Waals surface area contributed by atoms with Crippen LogP contribution in [0, 0.1) is 11.6 Å². The summed E-state index contributed by atoms with van der Waals surface area (Å²) in [5.41, 5.74) is 7.01. The highest BCUT2D eigenvalue weighted by Gasteiger charge is 2.19. The molecule has 2 N–H and O–H groups in total. The van der Waals surface area contributed by atoms with Crippen LogP contribution in [0.1, 0.15) is 23.7 Å². The second-order valence-corrected chi connectivity index (χ2v) is 4.64. The minimum atomic E-state index is -1.04. The van der Waals surface area contributed by atoms with Gasteiger partial charge in [0.05, 0.1) is 11.4 Å². The smallest absolute Gasteiger partial charge is 0.258 e. The van der Waals surface area contributed by atoms with Gasteiger partial charge in [0.15, 0.2) is 11.6 Å². The highest BCUT2D eigenvalue weighted by atomic mass is 19.2. The van der Waals surface area contributed by atoms with E-state index in [1.165, 1.54) is 11.0 Å². The number of halogens is 2. The van der Waals surface area contributed by atoms with Crippen LogP contribution in [0.2, 0.25) is 0 Å². The summed E-state index contributed by atoms with van der Waals surface area (Å²) in [5, 5.41) is 0. The Balaban J connectivity index is 2.40. The maximum absolute atomic E-state index is 13.3. The van der Waals surface area contributed by atoms with Crippen LogP contribution in [0.3, 0.4) is 0 Å². The fraction of sp³-hybridized carbons (Fsp3) is 0.188. The Morgan fingerprint density at radius 1 is 1.14 bits per heavy atom. The number of carbonyl (C=O) groups excluding carboxylic acids is 1. The van der Waals surface area contributed by atoms with Crippen molar-refractivity contribution in [3.63, 3.8) is 0 Å². The third-order valence-corrected chi connectivity index (χ3v) is 3.09. The van der Waals surface area contributed by atoms with E-state index in [9.17, 15) is 13.6 Å². The zero-order valence-corrected chi connectivity index (χ0v) is 11.6. The van der Waals surface area contributed by atoms with Crippen molar-refractivity contribution in [1.29, 1.82) is 0 Å². The standard InChI is InChI=1S/C16H16F2N2O/c1-2-9-20(15-6-4-3-5-14(15)19)16(21)11-7-8-12(17)13(18)10-11/h3-8,10H,2,9,19H2,1H3. The van der Waals surface area contributed by atoms with Crippen LogP contribution in [-0.4, -0.2) is 12.5 Å². The SMILES string of the molecule is CCCN(C(=O)c1ccc(F)c(F)c1)c1ccccc1N. The van der Waals surface area contributed by atoms with Crippen LogP contribution >= 0.6 is 0 Å². The number of nitrogen functional groups attached to an aromatic ring is 1. The van der Waals surface area contributed by atoms with E-state index in [2.05, 4.69) is 0 Å². The molecule has 0 bridgehead atoms. The quantitative estimate of drug-likeness (QED) is 0.874. The largest absolute Gasteiger partial charge is 0.397 e. The monoisotopic (exact) mass is 290 g/mol. The van der Waals surface area contributed by atoms with Gasteiger partial charge < -0.3 is 10.6 Å². The van der Waals surface area contributed by atoms with Crippen LogP contribution in [0.5, 0.6) is 0 Å². The number of rotatable bonds is 4. The number of para-hydroxylation sites is 2. The number of amides is 1. The molecule has 0 atom stereocenters. The lowest BCUT2D eigenvalue weighted by atomic mass is 10.1. The van der Waals surface area contributed by atoms with Crippen LogP contribution in [0.15, 0.2) is 42.5 Å². The summed E-state index contributed by atoms with van der Waals surface area (Å²) in [6.07, 6.45) is 0.712. The van der Waals surface area contributed by atoms with Gasteiger partial charge in [0.25, 0.3) is 5.91 Å². The summed E-state index contributed by atoms with van der Waals surface area (Å²) in [7, 11) is 0. The first-order chi connectivity index (χ1) is 10.0. The minimum absolute atomic E-state index is 0.0885. The molecular weight excluding hydrogens is 274 g/mol. The Kier molecular flexibility index (Phi) is 4.52. The first-order valence-electron chi connectivity index (χ1n) is 6.66. The van der Waals surface area contributed by atoms with Crippen LogP contribution in [-0.2, 0) is 0 Å².